The third-order valence-electron chi connectivity index (χ3n) is 3.83. The van der Waals surface area contributed by atoms with Crippen LogP contribution in [0, 0.1) is 6.92 Å². The summed E-state index contributed by atoms with van der Waals surface area (Å²) in [7, 11) is 0. The smallest absolute Gasteiger partial charge is 0.326 e. The van der Waals surface area contributed by atoms with Crippen LogP contribution in [-0.2, 0) is 9.59 Å². The van der Waals surface area contributed by atoms with Crippen molar-refractivity contribution >= 4 is 11.9 Å². The molecule has 6 nitrogen and oxygen atoms in total. The zero-order valence-corrected chi connectivity index (χ0v) is 14.0. The van der Waals surface area contributed by atoms with E-state index in [-0.39, 0.29) is 5.56 Å². The lowest BCUT2D eigenvalue weighted by Gasteiger charge is -2.23. The van der Waals surface area contributed by atoms with Gasteiger partial charge in [0.15, 0.2) is 0 Å². The van der Waals surface area contributed by atoms with Gasteiger partial charge in [-0.05, 0) is 25.8 Å². The number of carbonyl (C=O) groups excluding carboxylic acids is 1. The summed E-state index contributed by atoms with van der Waals surface area (Å²) in [5, 5.41) is 11.8. The molecule has 6 heteroatoms. The van der Waals surface area contributed by atoms with E-state index >= 15 is 0 Å². The van der Waals surface area contributed by atoms with Crippen molar-refractivity contribution in [1.29, 1.82) is 0 Å². The first-order valence-electron chi connectivity index (χ1n) is 8.13. The first-order chi connectivity index (χ1) is 10.9. The molecule has 1 heterocycles. The molecule has 0 saturated heterocycles. The minimum atomic E-state index is -1.04. The van der Waals surface area contributed by atoms with Crippen LogP contribution in [0.2, 0.25) is 0 Å². The second-order valence-electron chi connectivity index (χ2n) is 5.72. The molecule has 0 fully saturated rings. The molecule has 0 saturated carbocycles. The number of aliphatic carboxylic acids is 1. The van der Waals surface area contributed by atoms with Gasteiger partial charge in [0, 0.05) is 11.8 Å². The fourth-order valence-electron chi connectivity index (χ4n) is 2.59. The van der Waals surface area contributed by atoms with E-state index in [1.54, 1.807) is 19.1 Å². The van der Waals surface area contributed by atoms with Crippen LogP contribution in [0.25, 0.3) is 0 Å². The van der Waals surface area contributed by atoms with E-state index in [2.05, 4.69) is 5.32 Å². The molecule has 2 unspecified atom stereocenters. The summed E-state index contributed by atoms with van der Waals surface area (Å²) in [6.07, 6.45) is 3.16. The minimum absolute atomic E-state index is 0.251. The van der Waals surface area contributed by atoms with Crippen LogP contribution in [0.1, 0.15) is 57.7 Å². The SMILES string of the molecule is CCCCC(NC(=O)C(CCC)n1c(C)cccc1=O)C(=O)O. The van der Waals surface area contributed by atoms with Gasteiger partial charge in [-0.2, -0.15) is 0 Å². The first-order valence-corrected chi connectivity index (χ1v) is 8.13. The molecular formula is C17H26N2O4. The van der Waals surface area contributed by atoms with Crippen molar-refractivity contribution in [3.05, 3.63) is 34.2 Å². The quantitative estimate of drug-likeness (QED) is 0.730. The number of hydrogen-bond acceptors (Lipinski definition) is 3. The third kappa shape index (κ3) is 5.23. The monoisotopic (exact) mass is 322 g/mol. The summed E-state index contributed by atoms with van der Waals surface area (Å²) in [5.41, 5.74) is 0.436. The summed E-state index contributed by atoms with van der Waals surface area (Å²) < 4.78 is 1.44. The molecule has 1 aromatic rings. The number of nitrogens with zero attached hydrogens (tertiary/aromatic N) is 1. The highest BCUT2D eigenvalue weighted by molar-refractivity contribution is 5.86. The maximum absolute atomic E-state index is 12.6. The van der Waals surface area contributed by atoms with Gasteiger partial charge in [-0.3, -0.25) is 9.59 Å². The van der Waals surface area contributed by atoms with Gasteiger partial charge in [0.25, 0.3) is 5.56 Å². The topological polar surface area (TPSA) is 88.4 Å². The van der Waals surface area contributed by atoms with E-state index in [1.165, 1.54) is 10.6 Å². The summed E-state index contributed by atoms with van der Waals surface area (Å²) in [6, 6.07) is 3.23. The average Bonchev–Trinajstić information content (AvgIpc) is 2.49. The Morgan fingerprint density at radius 3 is 2.43 bits per heavy atom. The molecule has 2 N–H and O–H groups in total. The van der Waals surface area contributed by atoms with Gasteiger partial charge in [0.1, 0.15) is 12.1 Å². The molecular weight excluding hydrogens is 296 g/mol. The molecule has 0 aromatic carbocycles. The van der Waals surface area contributed by atoms with Gasteiger partial charge in [-0.1, -0.05) is 39.2 Å². The van der Waals surface area contributed by atoms with Crippen LogP contribution < -0.4 is 10.9 Å². The number of carboxylic acid groups (broad SMARTS) is 1. The van der Waals surface area contributed by atoms with Crippen molar-refractivity contribution in [3.8, 4) is 0 Å². The van der Waals surface area contributed by atoms with Gasteiger partial charge < -0.3 is 15.0 Å². The van der Waals surface area contributed by atoms with Crippen LogP contribution in [0.3, 0.4) is 0 Å². The van der Waals surface area contributed by atoms with Gasteiger partial charge in [-0.25, -0.2) is 4.79 Å². The lowest BCUT2D eigenvalue weighted by molar-refractivity contribution is -0.142. The Bertz CT molecular complexity index is 595. The van der Waals surface area contributed by atoms with E-state index in [0.717, 1.165) is 12.8 Å². The van der Waals surface area contributed by atoms with Crippen molar-refractivity contribution in [1.82, 2.24) is 9.88 Å². The Hall–Kier alpha value is -2.11. The van der Waals surface area contributed by atoms with Crippen LogP contribution >= 0.6 is 0 Å². The van der Waals surface area contributed by atoms with Crippen molar-refractivity contribution < 1.29 is 14.7 Å². The molecule has 0 spiro atoms. The Balaban J connectivity index is 3.02. The normalized spacial score (nSPS) is 13.3. The predicted octanol–water partition coefficient (Wildman–Crippen LogP) is 2.26. The number of carbonyl (C=O) groups is 2. The van der Waals surface area contributed by atoms with E-state index in [4.69, 9.17) is 0 Å². The van der Waals surface area contributed by atoms with Crippen molar-refractivity contribution in [3.63, 3.8) is 0 Å². The lowest BCUT2D eigenvalue weighted by Crippen LogP contribution is -2.46. The highest BCUT2D eigenvalue weighted by Gasteiger charge is 2.26. The first kappa shape index (κ1) is 18.9. The van der Waals surface area contributed by atoms with Crippen molar-refractivity contribution in [2.24, 2.45) is 0 Å². The van der Waals surface area contributed by atoms with Crippen LogP contribution in [0.15, 0.2) is 23.0 Å². The lowest BCUT2D eigenvalue weighted by atomic mass is 10.1. The Morgan fingerprint density at radius 2 is 1.91 bits per heavy atom. The number of carboxylic acids is 1. The van der Waals surface area contributed by atoms with Gasteiger partial charge in [0.2, 0.25) is 5.91 Å². The van der Waals surface area contributed by atoms with Gasteiger partial charge >= 0.3 is 5.97 Å². The summed E-state index contributed by atoms with van der Waals surface area (Å²) in [4.78, 5) is 36.0. The molecule has 128 valence electrons. The summed E-state index contributed by atoms with van der Waals surface area (Å²) in [5.74, 6) is -1.45. The second kappa shape index (κ2) is 9.12. The fourth-order valence-corrected chi connectivity index (χ4v) is 2.59. The number of amides is 1. The van der Waals surface area contributed by atoms with E-state index < -0.39 is 24.0 Å². The Labute approximate surface area is 136 Å². The Morgan fingerprint density at radius 1 is 1.22 bits per heavy atom. The van der Waals surface area contributed by atoms with E-state index in [1.807, 2.05) is 13.8 Å². The molecule has 23 heavy (non-hydrogen) atoms. The standard InChI is InChI=1S/C17H26N2O4/c1-4-6-10-13(17(22)23)18-16(21)14(8-5-2)19-12(3)9-7-11-15(19)20/h7,9,11,13-14H,4-6,8,10H2,1-3H3,(H,18,21)(H,22,23). The molecule has 0 aliphatic rings. The highest BCUT2D eigenvalue weighted by Crippen LogP contribution is 2.15. The molecule has 2 atom stereocenters. The number of pyridine rings is 1. The zero-order chi connectivity index (χ0) is 17.4. The van der Waals surface area contributed by atoms with E-state index in [0.29, 0.717) is 25.0 Å². The maximum atomic E-state index is 12.6. The number of aryl methyl sites for hydroxylation is 1. The van der Waals surface area contributed by atoms with Gasteiger partial charge in [0.05, 0.1) is 0 Å². The minimum Gasteiger partial charge on any atom is -0.480 e. The van der Waals surface area contributed by atoms with Gasteiger partial charge in [-0.15, -0.1) is 0 Å². The molecule has 1 amide bonds. The largest absolute Gasteiger partial charge is 0.480 e. The van der Waals surface area contributed by atoms with Crippen LogP contribution in [0.5, 0.6) is 0 Å². The van der Waals surface area contributed by atoms with Crippen LogP contribution in [0.4, 0.5) is 0 Å². The van der Waals surface area contributed by atoms with Crippen molar-refractivity contribution in [2.45, 2.75) is 65.0 Å². The predicted molar refractivity (Wildman–Crippen MR) is 88.5 cm³/mol. The second-order valence-corrected chi connectivity index (χ2v) is 5.72. The molecule has 1 aromatic heterocycles. The maximum Gasteiger partial charge on any atom is 0.326 e. The number of aromatic nitrogens is 1. The fraction of sp³-hybridized carbons (Fsp3) is 0.588. The number of unbranched alkanes of at least 4 members (excludes halogenated alkanes) is 1. The third-order valence-corrected chi connectivity index (χ3v) is 3.83. The molecule has 0 radical (unpaired) electrons. The number of nitrogens with one attached hydrogen (secondary N) is 1. The highest BCUT2D eigenvalue weighted by atomic mass is 16.4. The number of rotatable bonds is 9. The molecule has 0 aliphatic carbocycles. The van der Waals surface area contributed by atoms with Crippen LogP contribution in [-0.4, -0.2) is 27.6 Å². The molecule has 0 aliphatic heterocycles. The van der Waals surface area contributed by atoms with E-state index in [9.17, 15) is 19.5 Å². The molecule has 0 bridgehead atoms. The zero-order valence-electron chi connectivity index (χ0n) is 14.0. The van der Waals surface area contributed by atoms with Crippen molar-refractivity contribution in [2.75, 3.05) is 0 Å². The molecule has 1 rings (SSSR count). The number of hydrogen-bond donors (Lipinski definition) is 2. The summed E-state index contributed by atoms with van der Waals surface area (Å²) in [6.45, 7) is 5.66. The average molecular weight is 322 g/mol. The Kier molecular flexibility index (Phi) is 7.51. The summed E-state index contributed by atoms with van der Waals surface area (Å²) >= 11 is 0.